The minimum absolute atomic E-state index is 0.0644. The van der Waals surface area contributed by atoms with Gasteiger partial charge in [-0.15, -0.1) is 0 Å². The normalized spacial score (nSPS) is 15.4. The highest BCUT2D eigenvalue weighted by molar-refractivity contribution is 7.58. The van der Waals surface area contributed by atoms with Crippen LogP contribution in [-0.2, 0) is 25.4 Å². The molecular formula is C21H34NO6P. The molecule has 3 unspecified atom stereocenters. The highest BCUT2D eigenvalue weighted by atomic mass is 31.2. The molecule has 0 fully saturated rings. The van der Waals surface area contributed by atoms with E-state index in [0.29, 0.717) is 12.8 Å². The van der Waals surface area contributed by atoms with Crippen LogP contribution in [0, 0.1) is 17.8 Å². The van der Waals surface area contributed by atoms with Gasteiger partial charge in [-0.1, -0.05) is 58.0 Å². The molecule has 164 valence electrons. The van der Waals surface area contributed by atoms with E-state index in [9.17, 15) is 19.0 Å². The van der Waals surface area contributed by atoms with E-state index in [0.717, 1.165) is 5.56 Å². The van der Waals surface area contributed by atoms with Crippen molar-refractivity contribution in [3.63, 3.8) is 0 Å². The summed E-state index contributed by atoms with van der Waals surface area (Å²) in [5, 5.41) is 2.55. The number of methoxy groups -OCH3 is 1. The van der Waals surface area contributed by atoms with Crippen LogP contribution < -0.4 is 5.32 Å². The summed E-state index contributed by atoms with van der Waals surface area (Å²) in [6.07, 6.45) is -0.269. The summed E-state index contributed by atoms with van der Waals surface area (Å²) >= 11 is 0. The third kappa shape index (κ3) is 9.46. The zero-order valence-corrected chi connectivity index (χ0v) is 18.9. The average Bonchev–Trinajstić information content (AvgIpc) is 2.64. The first-order valence-corrected chi connectivity index (χ1v) is 11.8. The Morgan fingerprint density at radius 1 is 1.07 bits per heavy atom. The van der Waals surface area contributed by atoms with Gasteiger partial charge in [-0.2, -0.15) is 0 Å². The first-order chi connectivity index (χ1) is 13.5. The molecule has 0 saturated carbocycles. The summed E-state index contributed by atoms with van der Waals surface area (Å²) in [5.74, 6) is -1.98. The quantitative estimate of drug-likeness (QED) is 0.401. The van der Waals surface area contributed by atoms with Crippen LogP contribution in [0.3, 0.4) is 0 Å². The lowest BCUT2D eigenvalue weighted by atomic mass is 9.99. The number of hydrogen-bond acceptors (Lipinski definition) is 5. The largest absolute Gasteiger partial charge is 0.469 e. The van der Waals surface area contributed by atoms with Crippen LogP contribution in [0.5, 0.6) is 0 Å². The van der Waals surface area contributed by atoms with Crippen molar-refractivity contribution in [2.75, 3.05) is 13.3 Å². The van der Waals surface area contributed by atoms with Crippen molar-refractivity contribution in [3.8, 4) is 0 Å². The fourth-order valence-corrected chi connectivity index (χ4v) is 5.34. The minimum atomic E-state index is -3.90. The van der Waals surface area contributed by atoms with Crippen molar-refractivity contribution in [2.45, 2.75) is 52.9 Å². The molecule has 1 rings (SSSR count). The van der Waals surface area contributed by atoms with Crippen LogP contribution in [0.4, 0.5) is 4.79 Å². The predicted molar refractivity (Wildman–Crippen MR) is 113 cm³/mol. The lowest BCUT2D eigenvalue weighted by molar-refractivity contribution is -0.145. The van der Waals surface area contributed by atoms with Gasteiger partial charge in [0.2, 0.25) is 7.37 Å². The molecule has 7 nitrogen and oxygen atoms in total. The van der Waals surface area contributed by atoms with Crippen molar-refractivity contribution in [1.82, 2.24) is 5.32 Å². The van der Waals surface area contributed by atoms with Crippen molar-refractivity contribution in [2.24, 2.45) is 17.8 Å². The molecule has 1 aromatic rings. The molecule has 0 aliphatic heterocycles. The second-order valence-corrected chi connectivity index (χ2v) is 10.6. The van der Waals surface area contributed by atoms with E-state index in [1.54, 1.807) is 0 Å². The monoisotopic (exact) mass is 427 g/mol. The summed E-state index contributed by atoms with van der Waals surface area (Å²) in [7, 11) is -2.63. The van der Waals surface area contributed by atoms with E-state index < -0.39 is 31.1 Å². The molecule has 0 aliphatic rings. The Bertz CT molecular complexity index is 692. The maximum absolute atomic E-state index is 13.1. The molecule has 0 heterocycles. The van der Waals surface area contributed by atoms with E-state index in [2.05, 4.69) is 5.32 Å². The number of benzene rings is 1. The molecule has 0 bridgehead atoms. The Hall–Kier alpha value is -1.85. The van der Waals surface area contributed by atoms with Gasteiger partial charge in [0.15, 0.2) is 0 Å². The lowest BCUT2D eigenvalue weighted by Crippen LogP contribution is -2.38. The molecule has 0 spiro atoms. The van der Waals surface area contributed by atoms with E-state index >= 15 is 0 Å². The van der Waals surface area contributed by atoms with Crippen LogP contribution in [0.2, 0.25) is 0 Å². The fraction of sp³-hybridized carbons (Fsp3) is 0.619. The van der Waals surface area contributed by atoms with Crippen LogP contribution in [-0.4, -0.2) is 36.0 Å². The van der Waals surface area contributed by atoms with Gasteiger partial charge < -0.3 is 19.7 Å². The smallest absolute Gasteiger partial charge is 0.408 e. The number of nitrogens with one attached hydrogen (secondary N) is 1. The molecule has 0 saturated heterocycles. The summed E-state index contributed by atoms with van der Waals surface area (Å²) < 4.78 is 23.2. The van der Waals surface area contributed by atoms with Gasteiger partial charge in [0.25, 0.3) is 0 Å². The third-order valence-electron chi connectivity index (χ3n) is 4.45. The summed E-state index contributed by atoms with van der Waals surface area (Å²) in [6.45, 7) is 7.73. The number of hydrogen-bond donors (Lipinski definition) is 2. The van der Waals surface area contributed by atoms with Gasteiger partial charge in [0, 0.05) is 6.16 Å². The Labute approximate surface area is 173 Å². The highest BCUT2D eigenvalue weighted by Crippen LogP contribution is 2.50. The number of amides is 1. The molecular weight excluding hydrogens is 393 g/mol. The van der Waals surface area contributed by atoms with E-state index in [1.165, 1.54) is 7.11 Å². The molecule has 2 N–H and O–H groups in total. The number of carbonyl (C=O) groups excluding carboxylic acids is 2. The van der Waals surface area contributed by atoms with Crippen LogP contribution in [0.25, 0.3) is 0 Å². The van der Waals surface area contributed by atoms with E-state index in [4.69, 9.17) is 9.47 Å². The van der Waals surface area contributed by atoms with Gasteiger partial charge in [-0.05, 0) is 30.2 Å². The maximum Gasteiger partial charge on any atom is 0.408 e. The number of ether oxygens (including phenoxy) is 2. The number of esters is 1. The van der Waals surface area contributed by atoms with Gasteiger partial charge in [0.1, 0.15) is 12.4 Å². The van der Waals surface area contributed by atoms with Gasteiger partial charge in [-0.3, -0.25) is 9.36 Å². The van der Waals surface area contributed by atoms with Crippen molar-refractivity contribution in [3.05, 3.63) is 35.9 Å². The molecule has 0 aromatic heterocycles. The van der Waals surface area contributed by atoms with Crippen LogP contribution >= 0.6 is 7.37 Å². The number of rotatable bonds is 11. The molecule has 0 radical (unpaired) electrons. The Balaban J connectivity index is 2.85. The average molecular weight is 427 g/mol. The first-order valence-electron chi connectivity index (χ1n) is 9.91. The molecule has 1 amide bonds. The molecule has 8 heteroatoms. The maximum atomic E-state index is 13.1. The van der Waals surface area contributed by atoms with E-state index in [-0.39, 0.29) is 24.6 Å². The fourth-order valence-electron chi connectivity index (χ4n) is 3.10. The number of alkyl carbamates (subject to hydrolysis) is 1. The zero-order chi connectivity index (χ0) is 22.0. The third-order valence-corrected chi connectivity index (χ3v) is 6.73. The van der Waals surface area contributed by atoms with Crippen molar-refractivity contribution >= 4 is 19.4 Å². The summed E-state index contributed by atoms with van der Waals surface area (Å²) in [4.78, 5) is 35.1. The van der Waals surface area contributed by atoms with Crippen molar-refractivity contribution in [1.29, 1.82) is 0 Å². The molecule has 3 atom stereocenters. The van der Waals surface area contributed by atoms with Crippen LogP contribution in [0.1, 0.15) is 46.1 Å². The highest BCUT2D eigenvalue weighted by Gasteiger charge is 2.38. The molecule has 29 heavy (non-hydrogen) atoms. The molecule has 1 aromatic carbocycles. The standard InChI is InChI=1S/C21H34NO6P/c1-15(2)11-18(20(23)27-5)14-29(25,26)19(12-16(3)4)22-21(24)28-13-17-9-7-6-8-10-17/h6-10,15-16,18-19H,11-14H2,1-5H3,(H,22,24)(H,25,26). The second-order valence-electron chi connectivity index (χ2n) is 8.14. The number of carbonyl (C=O) groups is 2. The zero-order valence-electron chi connectivity index (χ0n) is 18.0. The second kappa shape index (κ2) is 12.0. The Morgan fingerprint density at radius 3 is 2.17 bits per heavy atom. The Kier molecular flexibility index (Phi) is 10.4. The molecule has 0 aliphatic carbocycles. The lowest BCUT2D eigenvalue weighted by Gasteiger charge is -2.28. The SMILES string of the molecule is COC(=O)C(CC(C)C)CP(=O)(O)C(CC(C)C)NC(=O)OCc1ccccc1. The van der Waals surface area contributed by atoms with Gasteiger partial charge in [0.05, 0.1) is 13.0 Å². The Morgan fingerprint density at radius 2 is 1.66 bits per heavy atom. The van der Waals surface area contributed by atoms with E-state index in [1.807, 2.05) is 58.0 Å². The summed E-state index contributed by atoms with van der Waals surface area (Å²) in [6, 6.07) is 9.17. The van der Waals surface area contributed by atoms with Gasteiger partial charge >= 0.3 is 12.1 Å². The first kappa shape index (κ1) is 25.2. The predicted octanol–water partition coefficient (Wildman–Crippen LogP) is 4.39. The topological polar surface area (TPSA) is 102 Å². The summed E-state index contributed by atoms with van der Waals surface area (Å²) in [5.41, 5.74) is 0.818. The van der Waals surface area contributed by atoms with Crippen LogP contribution in [0.15, 0.2) is 30.3 Å². The minimum Gasteiger partial charge on any atom is -0.469 e. The van der Waals surface area contributed by atoms with Crippen molar-refractivity contribution < 1.29 is 28.5 Å². The van der Waals surface area contributed by atoms with Gasteiger partial charge in [-0.25, -0.2) is 4.79 Å².